The second-order valence-electron chi connectivity index (χ2n) is 15.9. The Morgan fingerprint density at radius 3 is 1.95 bits per heavy atom. The summed E-state index contributed by atoms with van der Waals surface area (Å²) >= 11 is 1.96. The van der Waals surface area contributed by atoms with Crippen molar-refractivity contribution >= 4 is 103 Å². The molecule has 0 atom stereocenters. The molecule has 4 aliphatic heterocycles. The number of fused-ring (bicyclic) bond motifs is 22. The molecule has 2 aromatic heterocycles. The van der Waals surface area contributed by atoms with E-state index in [0.717, 1.165) is 0 Å². The highest BCUT2D eigenvalue weighted by molar-refractivity contribution is 8.34. The van der Waals surface area contributed by atoms with E-state index in [1.807, 2.05) is 11.3 Å². The van der Waals surface area contributed by atoms with E-state index in [4.69, 9.17) is 0 Å². The van der Waals surface area contributed by atoms with E-state index in [2.05, 4.69) is 185 Å². The van der Waals surface area contributed by atoms with Gasteiger partial charge in [-0.1, -0.05) is 133 Å². The lowest BCUT2D eigenvalue weighted by Crippen LogP contribution is -2.61. The second-order valence-corrected chi connectivity index (χ2v) is 20.0. The lowest BCUT2D eigenvalue weighted by Gasteiger charge is -2.53. The van der Waals surface area contributed by atoms with Gasteiger partial charge in [0.15, 0.2) is 0 Å². The predicted octanol–water partition coefficient (Wildman–Crippen LogP) is 13.2. The standard InChI is InChI=1S/C52H29BN2S2/c1-2-14-31-30(13-1)27-28-37-35-18-11-20-40-49(35)54(48(31)37)51-47-38(29-39-32-15-3-7-22-42(32)56-52(39)51)36-19-12-26-46-50(36)55(53(40)47)41-21-6-10-25-45(41)57(46)43-23-8-4-16-33(43)34-17-5-9-24-44(34)57/h1-29H. The van der Waals surface area contributed by atoms with Crippen LogP contribution in [-0.4, -0.2) is 11.4 Å². The largest absolute Gasteiger partial charge is 0.375 e. The molecule has 5 heteroatoms. The molecule has 262 valence electrons. The van der Waals surface area contributed by atoms with E-state index in [-0.39, 0.29) is 6.85 Å². The Labute approximate surface area is 334 Å². The molecule has 0 fully saturated rings. The lowest BCUT2D eigenvalue weighted by molar-refractivity contribution is 1.16. The molecule has 4 aliphatic rings. The van der Waals surface area contributed by atoms with Gasteiger partial charge in [-0.25, -0.2) is 0 Å². The Hall–Kier alpha value is -6.53. The van der Waals surface area contributed by atoms with Gasteiger partial charge >= 0.3 is 6.85 Å². The summed E-state index contributed by atoms with van der Waals surface area (Å²) in [4.78, 5) is 8.57. The molecule has 11 aromatic rings. The molecule has 0 radical (unpaired) electrons. The van der Waals surface area contributed by atoms with Gasteiger partial charge in [-0.3, -0.25) is 0 Å². The van der Waals surface area contributed by atoms with Crippen molar-refractivity contribution in [2.24, 2.45) is 0 Å². The van der Waals surface area contributed by atoms with Crippen LogP contribution in [0, 0.1) is 0 Å². The summed E-state index contributed by atoms with van der Waals surface area (Å²) in [5, 5.41) is 7.89. The van der Waals surface area contributed by atoms with Crippen LogP contribution in [0.15, 0.2) is 196 Å². The molecule has 0 aliphatic carbocycles. The Morgan fingerprint density at radius 1 is 0.439 bits per heavy atom. The summed E-state index contributed by atoms with van der Waals surface area (Å²) in [6.45, 7) is -0.0187. The van der Waals surface area contributed by atoms with Crippen molar-refractivity contribution < 1.29 is 0 Å². The highest BCUT2D eigenvalue weighted by Crippen LogP contribution is 2.84. The van der Waals surface area contributed by atoms with Gasteiger partial charge in [-0.2, -0.15) is 0 Å². The number of rotatable bonds is 0. The van der Waals surface area contributed by atoms with Crippen LogP contribution in [0.2, 0.25) is 0 Å². The van der Waals surface area contributed by atoms with E-state index < -0.39 is 10.0 Å². The molecule has 1 spiro atoms. The van der Waals surface area contributed by atoms with Gasteiger partial charge in [-0.15, -0.1) is 21.4 Å². The maximum Gasteiger partial charge on any atom is 0.333 e. The van der Waals surface area contributed by atoms with Gasteiger partial charge in [-0.05, 0) is 75.5 Å². The first-order chi connectivity index (χ1) is 28.3. The minimum Gasteiger partial charge on any atom is -0.375 e. The van der Waals surface area contributed by atoms with Gasteiger partial charge in [0.05, 0.1) is 27.1 Å². The highest BCUT2D eigenvalue weighted by Gasteiger charge is 2.53. The Morgan fingerprint density at radius 2 is 1.09 bits per heavy atom. The monoisotopic (exact) mass is 756 g/mol. The fourth-order valence-corrected chi connectivity index (χ4v) is 17.2. The third-order valence-corrected chi connectivity index (χ3v) is 18.7. The molecule has 0 unspecified atom stereocenters. The van der Waals surface area contributed by atoms with Crippen LogP contribution in [0.5, 0.6) is 0 Å². The first kappa shape index (κ1) is 29.7. The molecule has 15 rings (SSSR count). The minimum atomic E-state index is -1.83. The van der Waals surface area contributed by atoms with E-state index >= 15 is 0 Å². The maximum absolute atomic E-state index is 2.78. The fourth-order valence-electron chi connectivity index (χ4n) is 11.5. The molecule has 0 bridgehead atoms. The molecule has 0 saturated heterocycles. The smallest absolute Gasteiger partial charge is 0.333 e. The predicted molar refractivity (Wildman–Crippen MR) is 243 cm³/mol. The van der Waals surface area contributed by atoms with Crippen molar-refractivity contribution in [1.29, 1.82) is 0 Å². The summed E-state index contributed by atoms with van der Waals surface area (Å²) in [7, 11) is -1.83. The zero-order valence-electron chi connectivity index (χ0n) is 30.5. The van der Waals surface area contributed by atoms with Gasteiger partial charge in [0, 0.05) is 62.5 Å². The Kier molecular flexibility index (Phi) is 5.25. The SMILES string of the molecule is c1ccc2c(c1)-c1ccccc1S21c2ccccc2N2B3c4c(cc5c(sc6ccccc65)c4-n4c5c3cccc5c3ccc5ccccc5c34)-c3cccc1c32. The van der Waals surface area contributed by atoms with Gasteiger partial charge in [0.2, 0.25) is 0 Å². The number of thiophene rings is 1. The molecular formula is C52H29BN2S2. The van der Waals surface area contributed by atoms with Crippen LogP contribution in [0.25, 0.3) is 80.7 Å². The van der Waals surface area contributed by atoms with Gasteiger partial charge in [0.25, 0.3) is 0 Å². The molecular weight excluding hydrogens is 728 g/mol. The second kappa shape index (κ2) is 10.1. The van der Waals surface area contributed by atoms with E-state index in [9.17, 15) is 0 Å². The summed E-state index contributed by atoms with van der Waals surface area (Å²) in [5.74, 6) is 0. The first-order valence-corrected chi connectivity index (χ1v) is 22.2. The average molecular weight is 757 g/mol. The third-order valence-electron chi connectivity index (χ3n) is 13.5. The first-order valence-electron chi connectivity index (χ1n) is 19.8. The van der Waals surface area contributed by atoms with Crippen molar-refractivity contribution in [3.8, 4) is 27.9 Å². The van der Waals surface area contributed by atoms with Crippen molar-refractivity contribution in [2.75, 3.05) is 4.81 Å². The van der Waals surface area contributed by atoms with Crippen molar-refractivity contribution in [2.45, 2.75) is 19.6 Å². The molecule has 0 N–H and O–H groups in total. The zero-order chi connectivity index (χ0) is 36.7. The molecule has 57 heavy (non-hydrogen) atoms. The van der Waals surface area contributed by atoms with Crippen LogP contribution in [0.4, 0.5) is 11.4 Å². The quantitative estimate of drug-likeness (QED) is 0.140. The number of aromatic nitrogens is 1. The Balaban J connectivity index is 1.19. The topological polar surface area (TPSA) is 8.17 Å². The molecule has 0 saturated carbocycles. The summed E-state index contributed by atoms with van der Waals surface area (Å²) < 4.78 is 5.39. The normalized spacial score (nSPS) is 15.3. The number of benzene rings is 9. The van der Waals surface area contributed by atoms with Crippen LogP contribution < -0.4 is 15.7 Å². The molecule has 2 nitrogen and oxygen atoms in total. The third kappa shape index (κ3) is 3.24. The average Bonchev–Trinajstić information content (AvgIpc) is 3.92. The number of nitrogens with zero attached hydrogens (tertiary/aromatic N) is 2. The van der Waals surface area contributed by atoms with Crippen LogP contribution in [-0.2, 0) is 0 Å². The van der Waals surface area contributed by atoms with E-state index in [1.54, 1.807) is 0 Å². The van der Waals surface area contributed by atoms with Crippen LogP contribution in [0.3, 0.4) is 0 Å². The highest BCUT2D eigenvalue weighted by atomic mass is 32.3. The number of hydrogen-bond acceptors (Lipinski definition) is 2. The summed E-state index contributed by atoms with van der Waals surface area (Å²) in [5.41, 5.74) is 14.9. The Bertz CT molecular complexity index is 3640. The van der Waals surface area contributed by atoms with Crippen molar-refractivity contribution in [3.63, 3.8) is 0 Å². The number of para-hydroxylation sites is 3. The van der Waals surface area contributed by atoms with Crippen LogP contribution >= 0.6 is 21.4 Å². The summed E-state index contributed by atoms with van der Waals surface area (Å²) in [6, 6.07) is 67.6. The number of anilines is 2. The van der Waals surface area contributed by atoms with Crippen molar-refractivity contribution in [3.05, 3.63) is 176 Å². The molecule has 9 aromatic carbocycles. The van der Waals surface area contributed by atoms with Gasteiger partial charge < -0.3 is 9.38 Å². The maximum atomic E-state index is 2.78. The lowest BCUT2D eigenvalue weighted by atomic mass is 9.44. The van der Waals surface area contributed by atoms with Gasteiger partial charge in [0.1, 0.15) is 0 Å². The minimum absolute atomic E-state index is 0.0187. The van der Waals surface area contributed by atoms with Crippen molar-refractivity contribution in [1.82, 2.24) is 4.57 Å². The zero-order valence-corrected chi connectivity index (χ0v) is 32.2. The molecule has 0 amide bonds. The van der Waals surface area contributed by atoms with E-state index in [1.165, 1.54) is 123 Å². The fraction of sp³-hybridized carbons (Fsp3) is 0. The molecule has 6 heterocycles. The van der Waals surface area contributed by atoms with E-state index in [0.29, 0.717) is 0 Å². The number of hydrogen-bond donors (Lipinski definition) is 0. The van der Waals surface area contributed by atoms with Crippen LogP contribution in [0.1, 0.15) is 0 Å². The summed E-state index contributed by atoms with van der Waals surface area (Å²) in [6.07, 6.45) is 0.